The Labute approximate surface area is 141 Å². The molecule has 0 amide bonds. The SMILES string of the molecule is CC1=C(C2=CC(CCC3C=CC=CC3)=CC(C)CC=C2)C=CC1. The van der Waals surface area contributed by atoms with Gasteiger partial charge in [0.05, 0.1) is 0 Å². The van der Waals surface area contributed by atoms with Gasteiger partial charge in [0.2, 0.25) is 0 Å². The van der Waals surface area contributed by atoms with Gasteiger partial charge in [0.15, 0.2) is 0 Å². The van der Waals surface area contributed by atoms with Crippen LogP contribution in [0.4, 0.5) is 0 Å². The van der Waals surface area contributed by atoms with Gasteiger partial charge in [-0.3, -0.25) is 0 Å². The highest BCUT2D eigenvalue weighted by Crippen LogP contribution is 2.30. The van der Waals surface area contributed by atoms with Gasteiger partial charge in [0.25, 0.3) is 0 Å². The van der Waals surface area contributed by atoms with E-state index in [2.05, 4.69) is 74.6 Å². The topological polar surface area (TPSA) is 0 Å². The summed E-state index contributed by atoms with van der Waals surface area (Å²) in [6.45, 7) is 4.58. The van der Waals surface area contributed by atoms with Gasteiger partial charge in [-0.2, -0.15) is 0 Å². The van der Waals surface area contributed by atoms with E-state index in [1.807, 2.05) is 0 Å². The van der Waals surface area contributed by atoms with E-state index < -0.39 is 0 Å². The minimum Gasteiger partial charge on any atom is -0.0840 e. The Morgan fingerprint density at radius 3 is 2.70 bits per heavy atom. The van der Waals surface area contributed by atoms with Crippen LogP contribution < -0.4 is 0 Å². The summed E-state index contributed by atoms with van der Waals surface area (Å²) in [5.41, 5.74) is 5.84. The van der Waals surface area contributed by atoms with Gasteiger partial charge in [0.1, 0.15) is 0 Å². The molecule has 0 saturated carbocycles. The molecule has 0 fully saturated rings. The molecule has 3 aliphatic rings. The summed E-state index contributed by atoms with van der Waals surface area (Å²) in [5.74, 6) is 1.34. The molecule has 0 N–H and O–H groups in total. The molecule has 0 heteroatoms. The molecule has 0 saturated heterocycles. The van der Waals surface area contributed by atoms with Crippen LogP contribution in [0, 0.1) is 11.8 Å². The Hall–Kier alpha value is -1.82. The largest absolute Gasteiger partial charge is 0.0840 e. The third kappa shape index (κ3) is 4.34. The van der Waals surface area contributed by atoms with E-state index in [-0.39, 0.29) is 0 Å². The van der Waals surface area contributed by atoms with E-state index in [1.54, 1.807) is 0 Å². The van der Waals surface area contributed by atoms with Gasteiger partial charge >= 0.3 is 0 Å². The van der Waals surface area contributed by atoms with E-state index in [0.29, 0.717) is 11.8 Å². The minimum atomic E-state index is 0.634. The maximum atomic E-state index is 2.49. The summed E-state index contributed by atoms with van der Waals surface area (Å²) in [7, 11) is 0. The zero-order chi connectivity index (χ0) is 16.1. The van der Waals surface area contributed by atoms with Crippen molar-refractivity contribution < 1.29 is 0 Å². The first-order valence-electron chi connectivity index (χ1n) is 9.01. The molecule has 120 valence electrons. The summed E-state index contributed by atoms with van der Waals surface area (Å²) in [5, 5.41) is 0. The van der Waals surface area contributed by atoms with Crippen molar-refractivity contribution in [3.05, 3.63) is 83.1 Å². The lowest BCUT2D eigenvalue weighted by Crippen LogP contribution is -2.00. The van der Waals surface area contributed by atoms with Gasteiger partial charge in [-0.15, -0.1) is 0 Å². The zero-order valence-electron chi connectivity index (χ0n) is 14.5. The van der Waals surface area contributed by atoms with Crippen LogP contribution in [0.15, 0.2) is 83.1 Å². The highest BCUT2D eigenvalue weighted by atomic mass is 14.2. The summed E-state index contributed by atoms with van der Waals surface area (Å²) in [6, 6.07) is 0. The van der Waals surface area contributed by atoms with Gasteiger partial charge < -0.3 is 0 Å². The maximum Gasteiger partial charge on any atom is -0.0129 e. The minimum absolute atomic E-state index is 0.634. The third-order valence-corrected chi connectivity index (χ3v) is 5.00. The lowest BCUT2D eigenvalue weighted by Gasteiger charge is -2.16. The second kappa shape index (κ2) is 7.64. The summed E-state index contributed by atoms with van der Waals surface area (Å²) >= 11 is 0. The average molecular weight is 304 g/mol. The van der Waals surface area contributed by atoms with Crippen molar-refractivity contribution in [1.29, 1.82) is 0 Å². The molecule has 3 aliphatic carbocycles. The first kappa shape index (κ1) is 16.1. The quantitative estimate of drug-likeness (QED) is 0.547. The molecule has 3 rings (SSSR count). The average Bonchev–Trinajstić information content (AvgIpc) is 2.96. The monoisotopic (exact) mass is 304 g/mol. The summed E-state index contributed by atoms with van der Waals surface area (Å²) in [6.07, 6.45) is 29.1. The first-order valence-corrected chi connectivity index (χ1v) is 9.01. The van der Waals surface area contributed by atoms with Crippen molar-refractivity contribution in [1.82, 2.24) is 0 Å². The fraction of sp³-hybridized carbons (Fsp3) is 0.391. The Kier molecular flexibility index (Phi) is 5.33. The second-order valence-corrected chi connectivity index (χ2v) is 7.10. The van der Waals surface area contributed by atoms with E-state index >= 15 is 0 Å². The smallest absolute Gasteiger partial charge is 0.0129 e. The number of rotatable bonds is 4. The predicted octanol–water partition coefficient (Wildman–Crippen LogP) is 6.62. The molecular formula is C23H28. The van der Waals surface area contributed by atoms with Crippen LogP contribution >= 0.6 is 0 Å². The predicted molar refractivity (Wildman–Crippen MR) is 101 cm³/mol. The van der Waals surface area contributed by atoms with Crippen molar-refractivity contribution in [3.63, 3.8) is 0 Å². The molecule has 0 nitrogen and oxygen atoms in total. The molecule has 0 aromatic heterocycles. The van der Waals surface area contributed by atoms with Crippen molar-refractivity contribution in [2.75, 3.05) is 0 Å². The van der Waals surface area contributed by atoms with E-state index in [0.717, 1.165) is 12.8 Å². The molecule has 0 radical (unpaired) electrons. The maximum absolute atomic E-state index is 2.49. The van der Waals surface area contributed by atoms with Crippen LogP contribution in [0.2, 0.25) is 0 Å². The highest BCUT2D eigenvalue weighted by Gasteiger charge is 2.12. The van der Waals surface area contributed by atoms with Crippen molar-refractivity contribution in [2.45, 2.75) is 46.0 Å². The van der Waals surface area contributed by atoms with E-state index in [9.17, 15) is 0 Å². The number of hydrogen-bond acceptors (Lipinski definition) is 0. The van der Waals surface area contributed by atoms with E-state index in [1.165, 1.54) is 41.6 Å². The van der Waals surface area contributed by atoms with Gasteiger partial charge in [-0.1, -0.05) is 78.8 Å². The summed E-state index contributed by atoms with van der Waals surface area (Å²) in [4.78, 5) is 0. The van der Waals surface area contributed by atoms with Gasteiger partial charge in [-0.05, 0) is 62.0 Å². The molecule has 23 heavy (non-hydrogen) atoms. The van der Waals surface area contributed by atoms with Crippen LogP contribution in [-0.2, 0) is 0 Å². The fourth-order valence-corrected chi connectivity index (χ4v) is 3.61. The summed E-state index contributed by atoms with van der Waals surface area (Å²) < 4.78 is 0. The van der Waals surface area contributed by atoms with Gasteiger partial charge in [0, 0.05) is 0 Å². The third-order valence-electron chi connectivity index (χ3n) is 5.00. The second-order valence-electron chi connectivity index (χ2n) is 7.10. The molecular weight excluding hydrogens is 276 g/mol. The zero-order valence-corrected chi connectivity index (χ0v) is 14.5. The molecule has 0 aromatic carbocycles. The van der Waals surface area contributed by atoms with Crippen molar-refractivity contribution in [2.24, 2.45) is 11.8 Å². The van der Waals surface area contributed by atoms with Crippen LogP contribution in [0.1, 0.15) is 46.0 Å². The number of allylic oxidation sites excluding steroid dienone is 14. The van der Waals surface area contributed by atoms with Crippen molar-refractivity contribution in [3.8, 4) is 0 Å². The molecule has 0 bridgehead atoms. The fourth-order valence-electron chi connectivity index (χ4n) is 3.61. The van der Waals surface area contributed by atoms with Gasteiger partial charge in [-0.25, -0.2) is 0 Å². The molecule has 2 atom stereocenters. The molecule has 0 aliphatic heterocycles. The first-order chi connectivity index (χ1) is 11.2. The molecule has 2 unspecified atom stereocenters. The van der Waals surface area contributed by atoms with Crippen LogP contribution in [-0.4, -0.2) is 0 Å². The lowest BCUT2D eigenvalue weighted by molar-refractivity contribution is 0.592. The Bertz CT molecular complexity index is 644. The van der Waals surface area contributed by atoms with Crippen LogP contribution in [0.3, 0.4) is 0 Å². The van der Waals surface area contributed by atoms with Crippen molar-refractivity contribution >= 4 is 0 Å². The Morgan fingerprint density at radius 2 is 1.96 bits per heavy atom. The van der Waals surface area contributed by atoms with Crippen LogP contribution in [0.25, 0.3) is 0 Å². The van der Waals surface area contributed by atoms with E-state index in [4.69, 9.17) is 0 Å². The normalized spacial score (nSPS) is 27.0. The lowest BCUT2D eigenvalue weighted by atomic mass is 9.89. The van der Waals surface area contributed by atoms with Crippen LogP contribution in [0.5, 0.6) is 0 Å². The number of hydrogen-bond donors (Lipinski definition) is 0. The molecule has 0 aromatic rings. The standard InChI is InChI=1S/C23H28/c1-18-8-6-12-22(23-13-7-9-19(23)2)17-21(16-18)15-14-20-10-4-3-5-11-20/h3-7,10,12-13,16-18,20H,8-9,11,14-15H2,1-2H3. The molecule has 0 spiro atoms. The molecule has 0 heterocycles. The Morgan fingerprint density at radius 1 is 1.04 bits per heavy atom. The highest BCUT2D eigenvalue weighted by molar-refractivity contribution is 5.54. The Balaban J connectivity index is 1.77.